The summed E-state index contributed by atoms with van der Waals surface area (Å²) in [5.74, 6) is 1.45. The molecule has 23 heavy (non-hydrogen) atoms. The number of hydrogen-bond acceptors (Lipinski definition) is 3. The number of rotatable bonds is 4. The zero-order valence-corrected chi connectivity index (χ0v) is 14.9. The Morgan fingerprint density at radius 3 is 2.39 bits per heavy atom. The number of likely N-dealkylation sites (tertiary alicyclic amines) is 1. The maximum absolute atomic E-state index is 12.0. The molecule has 1 aliphatic rings. The summed E-state index contributed by atoms with van der Waals surface area (Å²) in [6.45, 7) is 7.91. The summed E-state index contributed by atoms with van der Waals surface area (Å²) < 4.78 is 11.2. The van der Waals surface area contributed by atoms with Crippen LogP contribution in [-0.4, -0.2) is 36.3 Å². The number of halogens is 1. The van der Waals surface area contributed by atoms with E-state index in [1.54, 1.807) is 0 Å². The standard InChI is InChI=1S/C18H26ClNO3/c1-18(2,3)23-17(21)20-11-8-14(9-12-20)10-13-22-16-6-4-15(19)5-7-16/h4-7,14H,8-13H2,1-3H3. The van der Waals surface area contributed by atoms with Crippen LogP contribution in [0.5, 0.6) is 5.75 Å². The van der Waals surface area contributed by atoms with Gasteiger partial charge in [-0.3, -0.25) is 0 Å². The Labute approximate surface area is 143 Å². The second-order valence-electron chi connectivity index (χ2n) is 7.00. The van der Waals surface area contributed by atoms with Gasteiger partial charge >= 0.3 is 6.09 Å². The quantitative estimate of drug-likeness (QED) is 0.794. The molecular weight excluding hydrogens is 314 g/mol. The molecule has 0 saturated carbocycles. The van der Waals surface area contributed by atoms with Gasteiger partial charge in [-0.05, 0) is 70.2 Å². The van der Waals surface area contributed by atoms with Crippen molar-refractivity contribution >= 4 is 17.7 Å². The molecule has 4 nitrogen and oxygen atoms in total. The zero-order chi connectivity index (χ0) is 16.9. The smallest absolute Gasteiger partial charge is 0.410 e. The van der Waals surface area contributed by atoms with Crippen LogP contribution in [0.1, 0.15) is 40.0 Å². The van der Waals surface area contributed by atoms with E-state index in [0.29, 0.717) is 17.5 Å². The van der Waals surface area contributed by atoms with Crippen molar-refractivity contribution in [3.05, 3.63) is 29.3 Å². The normalized spacial score (nSPS) is 16.3. The first-order valence-electron chi connectivity index (χ1n) is 8.20. The molecular formula is C18H26ClNO3. The molecule has 0 aromatic heterocycles. The summed E-state index contributed by atoms with van der Waals surface area (Å²) in [5, 5.41) is 0.715. The van der Waals surface area contributed by atoms with Crippen LogP contribution in [0.3, 0.4) is 0 Å². The Hall–Kier alpha value is -1.42. The first kappa shape index (κ1) is 17.9. The average Bonchev–Trinajstić information content (AvgIpc) is 2.48. The summed E-state index contributed by atoms with van der Waals surface area (Å²) in [6.07, 6.45) is 2.81. The highest BCUT2D eigenvalue weighted by molar-refractivity contribution is 6.30. The molecule has 0 bridgehead atoms. The monoisotopic (exact) mass is 339 g/mol. The summed E-state index contributed by atoms with van der Waals surface area (Å²) in [6, 6.07) is 7.42. The van der Waals surface area contributed by atoms with Crippen LogP contribution < -0.4 is 4.74 Å². The van der Waals surface area contributed by atoms with Crippen LogP contribution in [0.4, 0.5) is 4.79 Å². The predicted molar refractivity (Wildman–Crippen MR) is 92.1 cm³/mol. The molecule has 0 spiro atoms. The van der Waals surface area contributed by atoms with Gasteiger partial charge in [0.25, 0.3) is 0 Å². The van der Waals surface area contributed by atoms with Gasteiger partial charge in [-0.1, -0.05) is 11.6 Å². The first-order chi connectivity index (χ1) is 10.8. The van der Waals surface area contributed by atoms with Crippen molar-refractivity contribution in [1.82, 2.24) is 4.90 Å². The topological polar surface area (TPSA) is 38.8 Å². The maximum Gasteiger partial charge on any atom is 0.410 e. The van der Waals surface area contributed by atoms with Crippen molar-refractivity contribution in [2.24, 2.45) is 5.92 Å². The van der Waals surface area contributed by atoms with Crippen molar-refractivity contribution in [3.63, 3.8) is 0 Å². The lowest BCUT2D eigenvalue weighted by Gasteiger charge is -2.33. The van der Waals surface area contributed by atoms with Crippen LogP contribution in [-0.2, 0) is 4.74 Å². The van der Waals surface area contributed by atoms with E-state index >= 15 is 0 Å². The number of ether oxygens (including phenoxy) is 2. The van der Waals surface area contributed by atoms with Gasteiger partial charge in [0.15, 0.2) is 0 Å². The van der Waals surface area contributed by atoms with Gasteiger partial charge in [0.2, 0.25) is 0 Å². The van der Waals surface area contributed by atoms with E-state index in [-0.39, 0.29) is 6.09 Å². The molecule has 1 fully saturated rings. The van der Waals surface area contributed by atoms with E-state index in [9.17, 15) is 4.79 Å². The summed E-state index contributed by atoms with van der Waals surface area (Å²) in [4.78, 5) is 13.8. The van der Waals surface area contributed by atoms with Gasteiger partial charge in [-0.25, -0.2) is 4.79 Å². The average molecular weight is 340 g/mol. The third-order valence-electron chi connectivity index (χ3n) is 3.87. The fourth-order valence-corrected chi connectivity index (χ4v) is 2.73. The lowest BCUT2D eigenvalue weighted by Crippen LogP contribution is -2.41. The number of amides is 1. The summed E-state index contributed by atoms with van der Waals surface area (Å²) in [5.41, 5.74) is -0.430. The van der Waals surface area contributed by atoms with Gasteiger partial charge in [-0.15, -0.1) is 0 Å². The van der Waals surface area contributed by atoms with Crippen molar-refractivity contribution in [3.8, 4) is 5.75 Å². The van der Waals surface area contributed by atoms with E-state index in [4.69, 9.17) is 21.1 Å². The van der Waals surface area contributed by atoms with E-state index in [1.165, 1.54) is 0 Å². The van der Waals surface area contributed by atoms with Gasteiger partial charge in [-0.2, -0.15) is 0 Å². The molecule has 0 N–H and O–H groups in total. The number of benzene rings is 1. The molecule has 128 valence electrons. The van der Waals surface area contributed by atoms with Crippen molar-refractivity contribution in [2.45, 2.75) is 45.6 Å². The van der Waals surface area contributed by atoms with Crippen molar-refractivity contribution in [2.75, 3.05) is 19.7 Å². The van der Waals surface area contributed by atoms with Crippen LogP contribution in [0.15, 0.2) is 24.3 Å². The third kappa shape index (κ3) is 6.30. The zero-order valence-electron chi connectivity index (χ0n) is 14.2. The molecule has 1 aliphatic heterocycles. The number of carbonyl (C=O) groups is 1. The highest BCUT2D eigenvalue weighted by atomic mass is 35.5. The Balaban J connectivity index is 1.66. The van der Waals surface area contributed by atoms with E-state index in [1.807, 2.05) is 49.9 Å². The number of piperidine rings is 1. The lowest BCUT2D eigenvalue weighted by atomic mass is 9.94. The second-order valence-corrected chi connectivity index (χ2v) is 7.44. The van der Waals surface area contributed by atoms with E-state index in [0.717, 1.165) is 38.1 Å². The van der Waals surface area contributed by atoms with E-state index < -0.39 is 5.60 Å². The number of carbonyl (C=O) groups excluding carboxylic acids is 1. The summed E-state index contributed by atoms with van der Waals surface area (Å²) in [7, 11) is 0. The molecule has 0 aliphatic carbocycles. The fourth-order valence-electron chi connectivity index (χ4n) is 2.60. The van der Waals surface area contributed by atoms with Gasteiger partial charge < -0.3 is 14.4 Å². The number of nitrogens with zero attached hydrogens (tertiary/aromatic N) is 1. The summed E-state index contributed by atoms with van der Waals surface area (Å²) >= 11 is 5.85. The Bertz CT molecular complexity index is 502. The van der Waals surface area contributed by atoms with Crippen LogP contribution >= 0.6 is 11.6 Å². The molecule has 2 rings (SSSR count). The highest BCUT2D eigenvalue weighted by Crippen LogP contribution is 2.23. The number of hydrogen-bond donors (Lipinski definition) is 0. The van der Waals surface area contributed by atoms with Crippen LogP contribution in [0.25, 0.3) is 0 Å². The molecule has 1 amide bonds. The molecule has 1 saturated heterocycles. The Morgan fingerprint density at radius 2 is 1.83 bits per heavy atom. The van der Waals surface area contributed by atoms with E-state index in [2.05, 4.69) is 0 Å². The van der Waals surface area contributed by atoms with Crippen LogP contribution in [0.2, 0.25) is 5.02 Å². The SMILES string of the molecule is CC(C)(C)OC(=O)N1CCC(CCOc2ccc(Cl)cc2)CC1. The molecule has 0 atom stereocenters. The predicted octanol–water partition coefficient (Wildman–Crippen LogP) is 4.76. The minimum atomic E-state index is -0.430. The maximum atomic E-state index is 12.0. The highest BCUT2D eigenvalue weighted by Gasteiger charge is 2.26. The lowest BCUT2D eigenvalue weighted by molar-refractivity contribution is 0.0177. The van der Waals surface area contributed by atoms with Gasteiger partial charge in [0.05, 0.1) is 6.61 Å². The Morgan fingerprint density at radius 1 is 1.22 bits per heavy atom. The minimum Gasteiger partial charge on any atom is -0.494 e. The first-order valence-corrected chi connectivity index (χ1v) is 8.57. The third-order valence-corrected chi connectivity index (χ3v) is 4.13. The molecule has 5 heteroatoms. The molecule has 0 radical (unpaired) electrons. The molecule has 1 heterocycles. The minimum absolute atomic E-state index is 0.201. The van der Waals surface area contributed by atoms with Crippen molar-refractivity contribution in [1.29, 1.82) is 0 Å². The molecule has 1 aromatic carbocycles. The molecule has 1 aromatic rings. The largest absolute Gasteiger partial charge is 0.494 e. The molecule has 0 unspecified atom stereocenters. The van der Waals surface area contributed by atoms with Crippen molar-refractivity contribution < 1.29 is 14.3 Å². The van der Waals surface area contributed by atoms with Gasteiger partial charge in [0.1, 0.15) is 11.4 Å². The Kier molecular flexibility index (Phi) is 6.17. The fraction of sp³-hybridized carbons (Fsp3) is 0.611. The van der Waals surface area contributed by atoms with Gasteiger partial charge in [0, 0.05) is 18.1 Å². The second kappa shape index (κ2) is 7.91. The van der Waals surface area contributed by atoms with Crippen LogP contribution in [0, 0.1) is 5.92 Å².